The minimum atomic E-state index is -0.575. The number of rotatable bonds is 47. The fourth-order valence-electron chi connectivity index (χ4n) is 7.22. The van der Waals surface area contributed by atoms with Crippen molar-refractivity contribution in [1.29, 1.82) is 0 Å². The van der Waals surface area contributed by atoms with Crippen LogP contribution in [0.4, 0.5) is 0 Å². The minimum absolute atomic E-state index is 0.0541. The number of allylic oxidation sites excluding steroid dienone is 10. The predicted octanol–water partition coefficient (Wildman–Crippen LogP) is 17.3. The molecule has 0 radical (unpaired) electrons. The van der Waals surface area contributed by atoms with Crippen LogP contribution in [-0.2, 0) is 23.8 Å². The number of carbonyl (C=O) groups is 2. The Morgan fingerprint density at radius 1 is 0.383 bits per heavy atom. The molecule has 5 nitrogen and oxygen atoms in total. The molecule has 0 bridgehead atoms. The molecule has 0 N–H and O–H groups in total. The van der Waals surface area contributed by atoms with Crippen LogP contribution in [-0.4, -0.2) is 37.9 Å². The molecular formula is C55H98O5. The molecular weight excluding hydrogens is 741 g/mol. The van der Waals surface area contributed by atoms with Gasteiger partial charge in [-0.3, -0.25) is 9.59 Å². The summed E-state index contributed by atoms with van der Waals surface area (Å²) in [6.45, 7) is 7.65. The van der Waals surface area contributed by atoms with Gasteiger partial charge in [-0.25, -0.2) is 0 Å². The zero-order chi connectivity index (χ0) is 43.5. The van der Waals surface area contributed by atoms with Gasteiger partial charge in [0.2, 0.25) is 0 Å². The van der Waals surface area contributed by atoms with Crippen LogP contribution < -0.4 is 0 Å². The first-order valence-electron chi connectivity index (χ1n) is 25.8. The highest BCUT2D eigenvalue weighted by molar-refractivity contribution is 5.70. The Morgan fingerprint density at radius 3 is 1.27 bits per heavy atom. The topological polar surface area (TPSA) is 61.8 Å². The van der Waals surface area contributed by atoms with Crippen molar-refractivity contribution < 1.29 is 23.8 Å². The largest absolute Gasteiger partial charge is 0.462 e. The molecule has 60 heavy (non-hydrogen) atoms. The maximum Gasteiger partial charge on any atom is 0.306 e. The van der Waals surface area contributed by atoms with E-state index in [4.69, 9.17) is 14.2 Å². The van der Waals surface area contributed by atoms with Crippen LogP contribution >= 0.6 is 0 Å². The molecule has 1 unspecified atom stereocenters. The van der Waals surface area contributed by atoms with E-state index in [9.17, 15) is 9.59 Å². The van der Waals surface area contributed by atoms with E-state index in [1.807, 2.05) is 6.08 Å². The Morgan fingerprint density at radius 2 is 0.783 bits per heavy atom. The normalized spacial score (nSPS) is 12.7. The molecule has 348 valence electrons. The molecule has 0 aromatic rings. The number of unbranched alkanes of at least 4 members (excludes halogenated alkanes) is 26. The van der Waals surface area contributed by atoms with Crippen molar-refractivity contribution in [3.8, 4) is 0 Å². The second-order valence-electron chi connectivity index (χ2n) is 17.0. The van der Waals surface area contributed by atoms with Gasteiger partial charge < -0.3 is 14.2 Å². The molecule has 0 rings (SSSR count). The molecule has 0 spiro atoms. The highest BCUT2D eigenvalue weighted by atomic mass is 16.6. The van der Waals surface area contributed by atoms with Crippen molar-refractivity contribution in [2.75, 3.05) is 19.8 Å². The van der Waals surface area contributed by atoms with E-state index < -0.39 is 6.10 Å². The van der Waals surface area contributed by atoms with Crippen LogP contribution in [0.3, 0.4) is 0 Å². The van der Waals surface area contributed by atoms with Crippen LogP contribution in [0.5, 0.6) is 0 Å². The maximum absolute atomic E-state index is 12.7. The third kappa shape index (κ3) is 48.3. The Balaban J connectivity index is 4.32. The Labute approximate surface area is 373 Å². The maximum atomic E-state index is 12.7. The Kier molecular flexibility index (Phi) is 48.9. The van der Waals surface area contributed by atoms with Crippen LogP contribution in [0.2, 0.25) is 0 Å². The lowest BCUT2D eigenvalue weighted by molar-refractivity contribution is -0.162. The van der Waals surface area contributed by atoms with E-state index in [0.29, 0.717) is 25.9 Å². The number of hydrogen-bond acceptors (Lipinski definition) is 5. The van der Waals surface area contributed by atoms with Crippen molar-refractivity contribution in [2.45, 2.75) is 258 Å². The zero-order valence-electron chi connectivity index (χ0n) is 40.0. The van der Waals surface area contributed by atoms with E-state index in [2.05, 4.69) is 75.5 Å². The second-order valence-corrected chi connectivity index (χ2v) is 17.0. The summed E-state index contributed by atoms with van der Waals surface area (Å²) in [4.78, 5) is 25.3. The predicted molar refractivity (Wildman–Crippen MR) is 261 cm³/mol. The van der Waals surface area contributed by atoms with Crippen molar-refractivity contribution >= 4 is 11.9 Å². The Bertz CT molecular complexity index is 1040. The van der Waals surface area contributed by atoms with Gasteiger partial charge in [0, 0.05) is 19.4 Å². The molecule has 5 heteroatoms. The molecule has 0 amide bonds. The molecule has 0 aliphatic carbocycles. The Hall–Kier alpha value is -2.40. The summed E-state index contributed by atoms with van der Waals surface area (Å²) in [5, 5.41) is 0. The van der Waals surface area contributed by atoms with E-state index in [1.165, 1.54) is 148 Å². The number of esters is 2. The summed E-state index contributed by atoms with van der Waals surface area (Å²) in [5.74, 6) is -0.493. The molecule has 0 saturated heterocycles. The first-order valence-corrected chi connectivity index (χ1v) is 25.8. The van der Waals surface area contributed by atoms with Gasteiger partial charge in [0.15, 0.2) is 6.10 Å². The quantitative estimate of drug-likeness (QED) is 0.0347. The van der Waals surface area contributed by atoms with Crippen molar-refractivity contribution in [2.24, 2.45) is 0 Å². The third-order valence-electron chi connectivity index (χ3n) is 11.1. The van der Waals surface area contributed by atoms with Gasteiger partial charge in [0.1, 0.15) is 6.61 Å². The number of carbonyl (C=O) groups excluding carboxylic acids is 2. The average Bonchev–Trinajstić information content (AvgIpc) is 3.25. The molecule has 0 saturated carbocycles. The second kappa shape index (κ2) is 51.0. The molecule has 1 atom stereocenters. The molecule has 0 heterocycles. The lowest BCUT2D eigenvalue weighted by atomic mass is 10.0. The summed E-state index contributed by atoms with van der Waals surface area (Å²) in [6, 6.07) is 0. The van der Waals surface area contributed by atoms with Crippen molar-refractivity contribution in [3.05, 3.63) is 60.8 Å². The molecule has 0 aliphatic rings. The number of ether oxygens (including phenoxy) is 3. The van der Waals surface area contributed by atoms with Gasteiger partial charge in [0.25, 0.3) is 0 Å². The van der Waals surface area contributed by atoms with Crippen molar-refractivity contribution in [1.82, 2.24) is 0 Å². The molecule has 0 fully saturated rings. The van der Waals surface area contributed by atoms with Gasteiger partial charge in [-0.2, -0.15) is 0 Å². The van der Waals surface area contributed by atoms with Gasteiger partial charge in [0.05, 0.1) is 6.61 Å². The first-order chi connectivity index (χ1) is 29.6. The summed E-state index contributed by atoms with van der Waals surface area (Å²) < 4.78 is 17.3. The van der Waals surface area contributed by atoms with Crippen LogP contribution in [0.15, 0.2) is 60.8 Å². The van der Waals surface area contributed by atoms with E-state index in [0.717, 1.165) is 64.2 Å². The van der Waals surface area contributed by atoms with Gasteiger partial charge in [-0.15, -0.1) is 0 Å². The van der Waals surface area contributed by atoms with E-state index in [-0.39, 0.29) is 25.2 Å². The lowest BCUT2D eigenvalue weighted by Gasteiger charge is -2.18. The van der Waals surface area contributed by atoms with Gasteiger partial charge in [-0.1, -0.05) is 229 Å². The fraction of sp³-hybridized carbons (Fsp3) is 0.782. The molecule has 0 aliphatic heterocycles. The summed E-state index contributed by atoms with van der Waals surface area (Å²) >= 11 is 0. The third-order valence-corrected chi connectivity index (χ3v) is 11.1. The first kappa shape index (κ1) is 57.6. The van der Waals surface area contributed by atoms with E-state index >= 15 is 0 Å². The smallest absolute Gasteiger partial charge is 0.306 e. The molecule has 0 aromatic heterocycles. The van der Waals surface area contributed by atoms with Gasteiger partial charge in [-0.05, 0) is 70.6 Å². The summed E-state index contributed by atoms with van der Waals surface area (Å²) in [7, 11) is 0. The average molecular weight is 839 g/mol. The van der Waals surface area contributed by atoms with Crippen LogP contribution in [0.1, 0.15) is 252 Å². The van der Waals surface area contributed by atoms with E-state index in [1.54, 1.807) is 0 Å². The monoisotopic (exact) mass is 839 g/mol. The minimum Gasteiger partial charge on any atom is -0.462 e. The fourth-order valence-corrected chi connectivity index (χ4v) is 7.22. The summed E-state index contributed by atoms with van der Waals surface area (Å²) in [6.07, 6.45) is 63.9. The van der Waals surface area contributed by atoms with Crippen LogP contribution in [0, 0.1) is 0 Å². The zero-order valence-corrected chi connectivity index (χ0v) is 40.0. The summed E-state index contributed by atoms with van der Waals surface area (Å²) in [5.41, 5.74) is 0. The number of hydrogen-bond donors (Lipinski definition) is 0. The highest BCUT2D eigenvalue weighted by Crippen LogP contribution is 2.15. The molecule has 0 aromatic carbocycles. The lowest BCUT2D eigenvalue weighted by Crippen LogP contribution is -2.30. The highest BCUT2D eigenvalue weighted by Gasteiger charge is 2.17. The van der Waals surface area contributed by atoms with Crippen LogP contribution in [0.25, 0.3) is 0 Å². The SMILES string of the molecule is CC/C=C\C/C=C\C/C=C\C/C=C\CCC(=O)OC(COCCCCCCCCCCCCCCCCCC)COC(=O)CCCCCCC/C=C\CCCCCCCC. The van der Waals surface area contributed by atoms with Crippen molar-refractivity contribution in [3.63, 3.8) is 0 Å². The van der Waals surface area contributed by atoms with Gasteiger partial charge >= 0.3 is 11.9 Å². The standard InChI is InChI=1S/C55H98O5/c1-4-7-10-13-16-19-22-25-27-29-32-35-38-41-44-47-50-58-51-53(60-55(57)49-46-43-40-37-34-30-24-21-18-15-12-9-6-3)52-59-54(56)48-45-42-39-36-33-31-28-26-23-20-17-14-11-8-5-2/h9,12,18,21,26,28,30,34,40,43,53H,4-8,10-11,13-17,19-20,22-25,27,29,31-33,35-39,41-42,44-52H2,1-3H3/b12-9-,21-18-,28-26-,34-30-,43-40-.